The zero-order valence-electron chi connectivity index (χ0n) is 14.0. The lowest BCUT2D eigenvalue weighted by molar-refractivity contribution is 0.0229. The van der Waals surface area contributed by atoms with Crippen LogP contribution >= 0.6 is 0 Å². The van der Waals surface area contributed by atoms with Crippen molar-refractivity contribution in [3.05, 3.63) is 0 Å². The number of rotatable bonds is 2. The van der Waals surface area contributed by atoms with Crippen LogP contribution in [0, 0.1) is 5.92 Å². The Morgan fingerprint density at radius 2 is 1.75 bits per heavy atom. The van der Waals surface area contributed by atoms with Gasteiger partial charge in [0.1, 0.15) is 5.60 Å². The molecule has 0 spiro atoms. The van der Waals surface area contributed by atoms with Gasteiger partial charge in [-0.1, -0.05) is 13.8 Å². The van der Waals surface area contributed by atoms with Gasteiger partial charge in [0, 0.05) is 32.2 Å². The maximum Gasteiger partial charge on any atom is 0.410 e. The lowest BCUT2D eigenvalue weighted by Gasteiger charge is -2.30. The van der Waals surface area contributed by atoms with E-state index in [2.05, 4.69) is 19.2 Å². The number of hydrogen-bond donors (Lipinski definition) is 2. The number of nitrogens with two attached hydrogens (primary N) is 1. The van der Waals surface area contributed by atoms with E-state index in [1.165, 1.54) is 0 Å². The second-order valence-electron chi connectivity index (χ2n) is 6.82. The average molecular weight is 287 g/mol. The molecule has 0 bridgehead atoms. The normalized spacial score (nSPS) is 17.3. The van der Waals surface area contributed by atoms with Crippen LogP contribution < -0.4 is 11.1 Å². The maximum absolute atomic E-state index is 11.5. The highest BCUT2D eigenvalue weighted by Gasteiger charge is 2.22. The van der Waals surface area contributed by atoms with Gasteiger partial charge in [-0.2, -0.15) is 0 Å². The molecule has 1 saturated heterocycles. The van der Waals surface area contributed by atoms with E-state index in [0.717, 1.165) is 38.5 Å². The highest BCUT2D eigenvalue weighted by Crippen LogP contribution is 2.09. The van der Waals surface area contributed by atoms with Crippen molar-refractivity contribution in [3.63, 3.8) is 0 Å². The first-order valence-electron chi connectivity index (χ1n) is 7.56. The van der Waals surface area contributed by atoms with Crippen LogP contribution in [0.15, 0.2) is 0 Å². The topological polar surface area (TPSA) is 67.6 Å². The fourth-order valence-corrected chi connectivity index (χ4v) is 1.92. The fourth-order valence-electron chi connectivity index (χ4n) is 1.92. The van der Waals surface area contributed by atoms with Crippen molar-refractivity contribution in [3.8, 4) is 0 Å². The number of nitrogens with one attached hydrogen (secondary N) is 1. The molecule has 1 amide bonds. The fraction of sp³-hybridized carbons (Fsp3) is 0.933. The molecule has 1 unspecified atom stereocenters. The zero-order valence-corrected chi connectivity index (χ0v) is 14.0. The number of hydrogen-bond acceptors (Lipinski definition) is 4. The third-order valence-corrected chi connectivity index (χ3v) is 2.61. The molecule has 1 heterocycles. The van der Waals surface area contributed by atoms with Crippen molar-refractivity contribution >= 4 is 6.09 Å². The minimum atomic E-state index is -0.387. The first kappa shape index (κ1) is 19.2. The Labute approximate surface area is 124 Å². The van der Waals surface area contributed by atoms with Crippen LogP contribution in [0.4, 0.5) is 4.79 Å². The van der Waals surface area contributed by atoms with Gasteiger partial charge < -0.3 is 20.7 Å². The predicted octanol–water partition coefficient (Wildman–Crippen LogP) is 2.21. The first-order valence-corrected chi connectivity index (χ1v) is 7.56. The summed E-state index contributed by atoms with van der Waals surface area (Å²) in [6, 6.07) is 0.375. The van der Waals surface area contributed by atoms with E-state index >= 15 is 0 Å². The van der Waals surface area contributed by atoms with Gasteiger partial charge in [-0.25, -0.2) is 4.79 Å². The Bertz CT molecular complexity index is 261. The van der Waals surface area contributed by atoms with Crippen LogP contribution in [0.5, 0.6) is 0 Å². The molecule has 0 aromatic heterocycles. The van der Waals surface area contributed by atoms with Gasteiger partial charge in [0.2, 0.25) is 0 Å². The van der Waals surface area contributed by atoms with Gasteiger partial charge in [0.15, 0.2) is 0 Å². The Morgan fingerprint density at radius 3 is 2.05 bits per heavy atom. The Balaban J connectivity index is 0.000000441. The second-order valence-corrected chi connectivity index (χ2v) is 6.82. The van der Waals surface area contributed by atoms with Crippen LogP contribution in [0.25, 0.3) is 0 Å². The molecule has 20 heavy (non-hydrogen) atoms. The molecule has 1 rings (SSSR count). The summed E-state index contributed by atoms with van der Waals surface area (Å²) in [7, 11) is 0. The van der Waals surface area contributed by atoms with E-state index in [0.29, 0.717) is 6.04 Å². The van der Waals surface area contributed by atoms with Crippen molar-refractivity contribution in [1.29, 1.82) is 0 Å². The SMILES string of the molecule is CC(C)(C)OC(=O)N1CCNCC1.CC(C)CC(C)N. The second kappa shape index (κ2) is 9.19. The highest BCUT2D eigenvalue weighted by atomic mass is 16.6. The van der Waals surface area contributed by atoms with Crippen LogP contribution in [0.1, 0.15) is 48.0 Å². The predicted molar refractivity (Wildman–Crippen MR) is 83.8 cm³/mol. The minimum Gasteiger partial charge on any atom is -0.444 e. The number of nitrogens with zero attached hydrogens (tertiary/aromatic N) is 1. The molecule has 3 N–H and O–H groups in total. The van der Waals surface area contributed by atoms with E-state index in [9.17, 15) is 4.79 Å². The molecule has 120 valence electrons. The van der Waals surface area contributed by atoms with E-state index in [4.69, 9.17) is 10.5 Å². The van der Waals surface area contributed by atoms with Crippen LogP contribution in [0.3, 0.4) is 0 Å². The summed E-state index contributed by atoms with van der Waals surface area (Å²) in [5, 5.41) is 3.18. The standard InChI is InChI=1S/C9H18N2O2.C6H15N/c1-9(2,3)13-8(12)11-6-4-10-5-7-11;1-5(2)4-6(3)7/h10H,4-7H2,1-3H3;5-6H,4,7H2,1-3H3. The lowest BCUT2D eigenvalue weighted by Crippen LogP contribution is -2.48. The van der Waals surface area contributed by atoms with E-state index in [1.54, 1.807) is 4.90 Å². The van der Waals surface area contributed by atoms with Gasteiger partial charge in [-0.3, -0.25) is 0 Å². The summed E-state index contributed by atoms with van der Waals surface area (Å²) in [5.74, 6) is 0.750. The number of amides is 1. The van der Waals surface area contributed by atoms with E-state index in [1.807, 2.05) is 27.7 Å². The molecule has 0 aliphatic carbocycles. The summed E-state index contributed by atoms with van der Waals surface area (Å²) in [6.07, 6.45) is 0.939. The molecule has 0 saturated carbocycles. The summed E-state index contributed by atoms with van der Waals surface area (Å²) in [4.78, 5) is 13.2. The van der Waals surface area contributed by atoms with Gasteiger partial charge in [-0.05, 0) is 40.0 Å². The van der Waals surface area contributed by atoms with Crippen LogP contribution in [-0.4, -0.2) is 48.8 Å². The van der Waals surface area contributed by atoms with Crippen molar-refractivity contribution < 1.29 is 9.53 Å². The Kier molecular flexibility index (Phi) is 8.81. The Morgan fingerprint density at radius 1 is 1.25 bits per heavy atom. The molecule has 0 aromatic carbocycles. The smallest absolute Gasteiger partial charge is 0.410 e. The Hall–Kier alpha value is -0.810. The largest absolute Gasteiger partial charge is 0.444 e. The number of carbonyl (C=O) groups excluding carboxylic acids is 1. The molecule has 1 atom stereocenters. The van der Waals surface area contributed by atoms with Gasteiger partial charge in [0.25, 0.3) is 0 Å². The van der Waals surface area contributed by atoms with Crippen molar-refractivity contribution in [2.75, 3.05) is 26.2 Å². The number of ether oxygens (including phenoxy) is 1. The lowest BCUT2D eigenvalue weighted by atomic mass is 10.1. The highest BCUT2D eigenvalue weighted by molar-refractivity contribution is 5.68. The van der Waals surface area contributed by atoms with Crippen LogP contribution in [0.2, 0.25) is 0 Å². The van der Waals surface area contributed by atoms with E-state index < -0.39 is 0 Å². The van der Waals surface area contributed by atoms with Gasteiger partial charge >= 0.3 is 6.09 Å². The molecule has 0 radical (unpaired) electrons. The third kappa shape index (κ3) is 11.1. The average Bonchev–Trinajstić information content (AvgIpc) is 2.26. The maximum atomic E-state index is 11.5. The molecule has 5 heteroatoms. The van der Waals surface area contributed by atoms with Crippen molar-refractivity contribution in [2.24, 2.45) is 11.7 Å². The zero-order chi connectivity index (χ0) is 15.8. The molecule has 1 fully saturated rings. The first-order chi connectivity index (χ1) is 9.11. The minimum absolute atomic E-state index is 0.200. The van der Waals surface area contributed by atoms with E-state index in [-0.39, 0.29) is 11.7 Å². The summed E-state index contributed by atoms with van der Waals surface area (Å²) >= 11 is 0. The van der Waals surface area contributed by atoms with Gasteiger partial charge in [0.05, 0.1) is 0 Å². The van der Waals surface area contributed by atoms with Crippen molar-refractivity contribution in [1.82, 2.24) is 10.2 Å². The monoisotopic (exact) mass is 287 g/mol. The summed E-state index contributed by atoms with van der Waals surface area (Å²) in [6.45, 7) is 15.3. The summed E-state index contributed by atoms with van der Waals surface area (Å²) in [5.41, 5.74) is 5.11. The molecule has 5 nitrogen and oxygen atoms in total. The van der Waals surface area contributed by atoms with Gasteiger partial charge in [-0.15, -0.1) is 0 Å². The number of piperazine rings is 1. The molecule has 1 aliphatic rings. The van der Waals surface area contributed by atoms with Crippen molar-refractivity contribution in [2.45, 2.75) is 59.6 Å². The molecular formula is C15H33N3O2. The molecular weight excluding hydrogens is 254 g/mol. The quantitative estimate of drug-likeness (QED) is 0.817. The molecule has 1 aliphatic heterocycles. The summed E-state index contributed by atoms with van der Waals surface area (Å²) < 4.78 is 5.24. The number of carbonyl (C=O) groups is 1. The third-order valence-electron chi connectivity index (χ3n) is 2.61. The molecule has 0 aromatic rings. The van der Waals surface area contributed by atoms with Crippen LogP contribution in [-0.2, 0) is 4.74 Å².